The van der Waals surface area contributed by atoms with E-state index in [4.69, 9.17) is 5.73 Å². The Bertz CT molecular complexity index is 1190. The number of hydrogen-bond acceptors (Lipinski definition) is 4. The maximum atomic E-state index is 12.7. The lowest BCUT2D eigenvalue weighted by atomic mass is 10.1. The van der Waals surface area contributed by atoms with Crippen LogP contribution in [0.15, 0.2) is 72.9 Å². The van der Waals surface area contributed by atoms with Gasteiger partial charge in [0, 0.05) is 18.2 Å². The smallest absolute Gasteiger partial charge is 0.251 e. The minimum absolute atomic E-state index is 0.173. The lowest BCUT2D eigenvalue weighted by Crippen LogP contribution is -2.46. The van der Waals surface area contributed by atoms with Crippen molar-refractivity contribution in [2.75, 3.05) is 0 Å². The molecule has 3 aromatic carbocycles. The third-order valence-corrected chi connectivity index (χ3v) is 4.57. The van der Waals surface area contributed by atoms with Crippen molar-refractivity contribution in [1.29, 1.82) is 0 Å². The van der Waals surface area contributed by atoms with Gasteiger partial charge in [-0.1, -0.05) is 42.5 Å². The number of amides is 2. The number of nitrogens with zero attached hydrogens (tertiary/aromatic N) is 2. The van der Waals surface area contributed by atoms with Gasteiger partial charge in [-0.3, -0.25) is 14.6 Å². The van der Waals surface area contributed by atoms with E-state index < -0.39 is 11.9 Å². The van der Waals surface area contributed by atoms with Crippen LogP contribution in [0.2, 0.25) is 0 Å². The Morgan fingerprint density at radius 3 is 2.43 bits per heavy atom. The van der Waals surface area contributed by atoms with Crippen molar-refractivity contribution < 1.29 is 9.59 Å². The highest BCUT2D eigenvalue weighted by molar-refractivity contribution is 6.00. The SMILES string of the molecule is NC(=O)[C@@H](Cc1cnc2ccccc2n1)NC(=O)c1ccc2ccccc2c1. The highest BCUT2D eigenvalue weighted by Gasteiger charge is 2.20. The summed E-state index contributed by atoms with van der Waals surface area (Å²) in [5.74, 6) is -0.979. The zero-order valence-corrected chi connectivity index (χ0v) is 15.0. The van der Waals surface area contributed by atoms with Crippen LogP contribution < -0.4 is 11.1 Å². The third-order valence-electron chi connectivity index (χ3n) is 4.57. The van der Waals surface area contributed by atoms with E-state index in [0.29, 0.717) is 11.3 Å². The van der Waals surface area contributed by atoms with Crippen LogP contribution in [-0.4, -0.2) is 27.8 Å². The van der Waals surface area contributed by atoms with E-state index in [1.165, 1.54) is 0 Å². The summed E-state index contributed by atoms with van der Waals surface area (Å²) in [6.45, 7) is 0. The molecule has 1 heterocycles. The maximum absolute atomic E-state index is 12.7. The van der Waals surface area contributed by atoms with Crippen LogP contribution in [0.5, 0.6) is 0 Å². The van der Waals surface area contributed by atoms with Crippen LogP contribution in [0, 0.1) is 0 Å². The monoisotopic (exact) mass is 370 g/mol. The molecule has 6 nitrogen and oxygen atoms in total. The quantitative estimate of drug-likeness (QED) is 0.564. The summed E-state index contributed by atoms with van der Waals surface area (Å²) in [7, 11) is 0. The standard InChI is InChI=1S/C22H18N4O2/c23-21(27)20(12-17-13-24-18-7-3-4-8-19(18)25-17)26-22(28)16-10-9-14-5-1-2-6-15(14)11-16/h1-11,13,20H,12H2,(H2,23,27)(H,26,28)/t20-/m1/s1. The lowest BCUT2D eigenvalue weighted by molar-refractivity contribution is -0.119. The number of para-hydroxylation sites is 2. The van der Waals surface area contributed by atoms with Gasteiger partial charge in [-0.2, -0.15) is 0 Å². The Kier molecular flexibility index (Phi) is 4.68. The molecule has 0 aliphatic carbocycles. The third kappa shape index (κ3) is 3.66. The summed E-state index contributed by atoms with van der Waals surface area (Å²) >= 11 is 0. The van der Waals surface area contributed by atoms with Gasteiger partial charge in [-0.15, -0.1) is 0 Å². The van der Waals surface area contributed by atoms with Crippen molar-refractivity contribution in [3.05, 3.63) is 84.2 Å². The molecule has 0 unspecified atom stereocenters. The molecule has 0 aliphatic heterocycles. The highest BCUT2D eigenvalue weighted by atomic mass is 16.2. The number of carbonyl (C=O) groups excluding carboxylic acids is 2. The molecule has 0 radical (unpaired) electrons. The van der Waals surface area contributed by atoms with Gasteiger partial charge in [0.15, 0.2) is 0 Å². The van der Waals surface area contributed by atoms with E-state index in [0.717, 1.165) is 21.8 Å². The Labute approximate surface area is 161 Å². The summed E-state index contributed by atoms with van der Waals surface area (Å²) in [6, 6.07) is 19.7. The number of nitrogens with two attached hydrogens (primary N) is 1. The number of nitrogens with one attached hydrogen (secondary N) is 1. The van der Waals surface area contributed by atoms with Gasteiger partial charge in [0.2, 0.25) is 5.91 Å². The Hall–Kier alpha value is -3.80. The highest BCUT2D eigenvalue weighted by Crippen LogP contribution is 2.16. The largest absolute Gasteiger partial charge is 0.368 e. The van der Waals surface area contributed by atoms with Gasteiger partial charge in [0.1, 0.15) is 6.04 Å². The van der Waals surface area contributed by atoms with Crippen LogP contribution in [0.25, 0.3) is 21.8 Å². The van der Waals surface area contributed by atoms with E-state index in [2.05, 4.69) is 15.3 Å². The molecule has 1 atom stereocenters. The first-order chi connectivity index (χ1) is 13.6. The van der Waals surface area contributed by atoms with Gasteiger partial charge in [0.25, 0.3) is 5.91 Å². The molecule has 0 bridgehead atoms. The molecular formula is C22H18N4O2. The minimum atomic E-state index is -0.880. The predicted molar refractivity (Wildman–Crippen MR) is 108 cm³/mol. The normalized spacial score (nSPS) is 12.0. The maximum Gasteiger partial charge on any atom is 0.251 e. The number of aromatic nitrogens is 2. The molecule has 138 valence electrons. The van der Waals surface area contributed by atoms with Crippen molar-refractivity contribution in [2.45, 2.75) is 12.5 Å². The first kappa shape index (κ1) is 17.6. The first-order valence-electron chi connectivity index (χ1n) is 8.90. The number of hydrogen-bond donors (Lipinski definition) is 2. The molecule has 28 heavy (non-hydrogen) atoms. The van der Waals surface area contributed by atoms with Crippen LogP contribution in [0.4, 0.5) is 0 Å². The van der Waals surface area contributed by atoms with Gasteiger partial charge in [-0.05, 0) is 35.0 Å². The molecule has 0 spiro atoms. The Balaban J connectivity index is 1.55. The van der Waals surface area contributed by atoms with Gasteiger partial charge >= 0.3 is 0 Å². The predicted octanol–water partition coefficient (Wildman–Crippen LogP) is 2.61. The molecule has 3 N–H and O–H groups in total. The van der Waals surface area contributed by atoms with Gasteiger partial charge < -0.3 is 11.1 Å². The molecule has 4 rings (SSSR count). The van der Waals surface area contributed by atoms with E-state index in [9.17, 15) is 9.59 Å². The van der Waals surface area contributed by atoms with Crippen LogP contribution in [0.3, 0.4) is 0 Å². The number of benzene rings is 3. The molecule has 2 amide bonds. The van der Waals surface area contributed by atoms with Crippen LogP contribution >= 0.6 is 0 Å². The summed E-state index contributed by atoms with van der Waals surface area (Å²) in [4.78, 5) is 33.4. The molecule has 6 heteroatoms. The Morgan fingerprint density at radius 1 is 0.929 bits per heavy atom. The fraction of sp³-hybridized carbons (Fsp3) is 0.0909. The molecule has 0 aliphatic rings. The van der Waals surface area contributed by atoms with E-state index in [1.54, 1.807) is 18.3 Å². The fourth-order valence-corrected chi connectivity index (χ4v) is 3.10. The van der Waals surface area contributed by atoms with Gasteiger partial charge in [-0.25, -0.2) is 4.98 Å². The molecule has 0 fully saturated rings. The van der Waals surface area contributed by atoms with E-state index >= 15 is 0 Å². The minimum Gasteiger partial charge on any atom is -0.368 e. The molecule has 0 saturated heterocycles. The summed E-state index contributed by atoms with van der Waals surface area (Å²) < 4.78 is 0. The molecule has 4 aromatic rings. The van der Waals surface area contributed by atoms with Crippen molar-refractivity contribution in [3.63, 3.8) is 0 Å². The fourth-order valence-electron chi connectivity index (χ4n) is 3.10. The van der Waals surface area contributed by atoms with Crippen LogP contribution in [-0.2, 0) is 11.2 Å². The van der Waals surface area contributed by atoms with Crippen molar-refractivity contribution >= 4 is 33.6 Å². The van der Waals surface area contributed by atoms with Crippen LogP contribution in [0.1, 0.15) is 16.1 Å². The van der Waals surface area contributed by atoms with Gasteiger partial charge in [0.05, 0.1) is 16.7 Å². The van der Waals surface area contributed by atoms with E-state index in [-0.39, 0.29) is 12.3 Å². The summed E-state index contributed by atoms with van der Waals surface area (Å²) in [5.41, 5.74) is 8.06. The number of carbonyl (C=O) groups is 2. The summed E-state index contributed by atoms with van der Waals surface area (Å²) in [5, 5.41) is 4.70. The lowest BCUT2D eigenvalue weighted by Gasteiger charge is -2.15. The molecule has 0 saturated carbocycles. The number of fused-ring (bicyclic) bond motifs is 2. The summed E-state index contributed by atoms with van der Waals surface area (Å²) in [6.07, 6.45) is 1.77. The average molecular weight is 370 g/mol. The van der Waals surface area contributed by atoms with E-state index in [1.807, 2.05) is 54.6 Å². The molecule has 1 aromatic heterocycles. The second-order valence-corrected chi connectivity index (χ2v) is 6.54. The topological polar surface area (TPSA) is 98.0 Å². The number of rotatable bonds is 5. The van der Waals surface area contributed by atoms with Crippen molar-refractivity contribution in [2.24, 2.45) is 5.73 Å². The second-order valence-electron chi connectivity index (χ2n) is 6.54. The zero-order valence-electron chi connectivity index (χ0n) is 15.0. The number of primary amides is 1. The average Bonchev–Trinajstić information content (AvgIpc) is 2.72. The zero-order chi connectivity index (χ0) is 19.5. The van der Waals surface area contributed by atoms with Crippen molar-refractivity contribution in [3.8, 4) is 0 Å². The second kappa shape index (κ2) is 7.44. The Morgan fingerprint density at radius 2 is 1.64 bits per heavy atom. The first-order valence-corrected chi connectivity index (χ1v) is 8.90. The van der Waals surface area contributed by atoms with Crippen molar-refractivity contribution in [1.82, 2.24) is 15.3 Å². The molecular weight excluding hydrogens is 352 g/mol.